The molecule has 1 saturated heterocycles. The van der Waals surface area contributed by atoms with Gasteiger partial charge in [-0.1, -0.05) is 54.3 Å². The lowest BCUT2D eigenvalue weighted by atomic mass is 9.99. The molecule has 0 saturated carbocycles. The fourth-order valence-corrected chi connectivity index (χ4v) is 6.67. The second-order valence-corrected chi connectivity index (χ2v) is 11.6. The molecule has 2 aliphatic heterocycles. The minimum Gasteiger partial charge on any atom is -0.496 e. The van der Waals surface area contributed by atoms with Crippen molar-refractivity contribution in [3.63, 3.8) is 0 Å². The van der Waals surface area contributed by atoms with Gasteiger partial charge in [0.15, 0.2) is 5.92 Å². The summed E-state index contributed by atoms with van der Waals surface area (Å²) in [5, 5.41) is 21.0. The molecule has 9 nitrogen and oxygen atoms in total. The zero-order valence-electron chi connectivity index (χ0n) is 24.0. The number of aromatic nitrogens is 2. The van der Waals surface area contributed by atoms with E-state index >= 15 is 0 Å². The van der Waals surface area contributed by atoms with Crippen molar-refractivity contribution in [2.75, 3.05) is 33.4 Å². The van der Waals surface area contributed by atoms with Crippen LogP contribution in [0.5, 0.6) is 5.75 Å². The third-order valence-electron chi connectivity index (χ3n) is 7.96. The molecule has 10 heteroatoms. The minimum atomic E-state index is -1.53. The van der Waals surface area contributed by atoms with E-state index in [4.69, 9.17) is 14.6 Å². The number of methoxy groups -OCH3 is 1. The van der Waals surface area contributed by atoms with E-state index in [1.807, 2.05) is 40.4 Å². The zero-order valence-corrected chi connectivity index (χ0v) is 24.8. The normalized spacial score (nSPS) is 18.6. The first-order valence-electron chi connectivity index (χ1n) is 14.4. The van der Waals surface area contributed by atoms with E-state index in [-0.39, 0.29) is 18.3 Å². The smallest absolute Gasteiger partial charge is 0.245 e. The van der Waals surface area contributed by atoms with E-state index in [1.165, 1.54) is 11.8 Å². The summed E-state index contributed by atoms with van der Waals surface area (Å²) in [4.78, 5) is 30.5. The van der Waals surface area contributed by atoms with E-state index in [1.54, 1.807) is 7.11 Å². The van der Waals surface area contributed by atoms with Crippen LogP contribution in [0.3, 0.4) is 0 Å². The monoisotopic (exact) mass is 595 g/mol. The molecule has 6 rings (SSSR count). The molecule has 2 aromatic rings. The van der Waals surface area contributed by atoms with Crippen LogP contribution in [0.2, 0.25) is 0 Å². The Labute approximate surface area is 254 Å². The average Bonchev–Trinajstić information content (AvgIpc) is 3.45. The van der Waals surface area contributed by atoms with Crippen molar-refractivity contribution in [3.8, 4) is 11.8 Å². The molecule has 1 fully saturated rings. The van der Waals surface area contributed by atoms with Gasteiger partial charge < -0.3 is 14.8 Å². The Bertz CT molecular complexity index is 1710. The third kappa shape index (κ3) is 6.02. The van der Waals surface area contributed by atoms with Crippen LogP contribution in [0, 0.1) is 17.2 Å². The van der Waals surface area contributed by atoms with Crippen LogP contribution in [0.4, 0.5) is 0 Å². The highest BCUT2D eigenvalue weighted by Gasteiger charge is 2.33. The summed E-state index contributed by atoms with van der Waals surface area (Å²) < 4.78 is 12.9. The Hall–Kier alpha value is -4.17. The topological polar surface area (TPSA) is 109 Å². The van der Waals surface area contributed by atoms with Gasteiger partial charge in [-0.25, -0.2) is 0 Å². The number of ether oxygens (including phenoxy) is 2. The van der Waals surface area contributed by atoms with E-state index in [0.29, 0.717) is 25.0 Å². The van der Waals surface area contributed by atoms with Gasteiger partial charge in [0.2, 0.25) is 11.7 Å². The molecule has 0 spiro atoms. The number of benzene rings is 1. The largest absolute Gasteiger partial charge is 0.496 e. The Morgan fingerprint density at radius 1 is 1.23 bits per heavy atom. The number of carbonyl (C=O) groups is 2. The second kappa shape index (κ2) is 13.0. The molecule has 1 unspecified atom stereocenters. The van der Waals surface area contributed by atoms with Crippen molar-refractivity contribution >= 4 is 34.4 Å². The summed E-state index contributed by atoms with van der Waals surface area (Å²) in [5.74, 6) is -2.00. The number of allylic oxidation sites excluding steroid dienone is 8. The molecule has 0 radical (unpaired) electrons. The van der Waals surface area contributed by atoms with Crippen LogP contribution in [0.25, 0.3) is 11.0 Å². The number of hydrogen-bond acceptors (Lipinski definition) is 8. The van der Waals surface area contributed by atoms with Gasteiger partial charge >= 0.3 is 0 Å². The number of thioether (sulfide) groups is 1. The highest BCUT2D eigenvalue weighted by Crippen LogP contribution is 2.33. The molecule has 1 N–H and O–H groups in total. The van der Waals surface area contributed by atoms with E-state index in [9.17, 15) is 14.9 Å². The molecule has 220 valence electrons. The predicted octanol–water partition coefficient (Wildman–Crippen LogP) is 2.90. The first-order chi connectivity index (χ1) is 21.1. The third-order valence-corrected chi connectivity index (χ3v) is 8.95. The Balaban J connectivity index is 1.24. The molecule has 0 bridgehead atoms. The maximum Gasteiger partial charge on any atom is 0.245 e. The van der Waals surface area contributed by atoms with Crippen molar-refractivity contribution in [1.82, 2.24) is 20.0 Å². The number of hydrogen-bond donors (Lipinski definition) is 1. The van der Waals surface area contributed by atoms with E-state index in [2.05, 4.69) is 46.7 Å². The number of nitrogens with one attached hydrogen (secondary N) is 1. The number of nitriles is 1. The number of nitrogens with zero attached hydrogens (tertiary/aromatic N) is 4. The summed E-state index contributed by atoms with van der Waals surface area (Å²) in [6.45, 7) is 3.95. The predicted molar refractivity (Wildman–Crippen MR) is 165 cm³/mol. The fraction of sp³-hybridized carbons (Fsp3) is 0.333. The Morgan fingerprint density at radius 2 is 2.05 bits per heavy atom. The first-order valence-corrected chi connectivity index (χ1v) is 15.3. The molecule has 1 aromatic carbocycles. The molecular formula is C33H33N5O4S. The number of amides is 1. The van der Waals surface area contributed by atoms with Crippen LogP contribution in [0.15, 0.2) is 65.6 Å². The van der Waals surface area contributed by atoms with Gasteiger partial charge in [-0.2, -0.15) is 10.4 Å². The summed E-state index contributed by atoms with van der Waals surface area (Å²) >= 11 is 1.54. The van der Waals surface area contributed by atoms with Gasteiger partial charge in [0.05, 0.1) is 37.8 Å². The number of ketones is 1. The summed E-state index contributed by atoms with van der Waals surface area (Å²) in [6.07, 6.45) is 16.0. The maximum atomic E-state index is 13.8. The second-order valence-electron chi connectivity index (χ2n) is 10.7. The first kappa shape index (κ1) is 28.9. The highest BCUT2D eigenvalue weighted by molar-refractivity contribution is 8.10. The molecule has 1 aromatic heterocycles. The van der Waals surface area contributed by atoms with Crippen molar-refractivity contribution in [3.05, 3.63) is 93.0 Å². The zero-order chi connectivity index (χ0) is 29.8. The molecule has 3 heterocycles. The fourth-order valence-electron chi connectivity index (χ4n) is 5.72. The van der Waals surface area contributed by atoms with Crippen LogP contribution >= 0.6 is 11.8 Å². The number of fused-ring (bicyclic) bond motifs is 2. The SMILES string of the molecule is COc1ccc(CNC(=O)C(C#N)C(=O)c2nn(C3C=CCC=C3)c3c2=CSC2=CC=CCC=32)cc1CN1CCOCC1. The van der Waals surface area contributed by atoms with Gasteiger partial charge in [0.1, 0.15) is 11.4 Å². The van der Waals surface area contributed by atoms with E-state index < -0.39 is 17.6 Å². The maximum absolute atomic E-state index is 13.8. The van der Waals surface area contributed by atoms with Crippen molar-refractivity contribution in [2.45, 2.75) is 32.0 Å². The standard InChI is InChI=1S/C33H33N5O4S/c1-41-28-12-11-22(17-23(28)20-37-13-15-42-16-14-37)19-35-33(40)26(18-34)32(39)30-27-21-43-29-10-6-5-9-25(29)31(27)38(36-30)24-7-3-2-4-8-24/h3-8,10-12,17,21,24,26H,2,9,13-16,19-20H2,1H3,(H,35,40). The molecule has 43 heavy (non-hydrogen) atoms. The minimum absolute atomic E-state index is 0.148. The summed E-state index contributed by atoms with van der Waals surface area (Å²) in [5.41, 5.74) is 3.10. The van der Waals surface area contributed by atoms with Crippen molar-refractivity contribution < 1.29 is 19.1 Å². The van der Waals surface area contributed by atoms with Crippen LogP contribution in [-0.4, -0.2) is 59.8 Å². The molecule has 2 aliphatic carbocycles. The number of rotatable bonds is 9. The van der Waals surface area contributed by atoms with Gasteiger partial charge in [-0.15, -0.1) is 0 Å². The van der Waals surface area contributed by atoms with Gasteiger partial charge in [-0.3, -0.25) is 19.2 Å². The van der Waals surface area contributed by atoms with Gasteiger partial charge in [0.25, 0.3) is 0 Å². The molecule has 1 amide bonds. The number of carbonyl (C=O) groups excluding carboxylic acids is 2. The lowest BCUT2D eigenvalue weighted by Crippen LogP contribution is -2.39. The summed E-state index contributed by atoms with van der Waals surface area (Å²) in [6, 6.07) is 7.54. The Morgan fingerprint density at radius 3 is 2.81 bits per heavy atom. The Kier molecular flexibility index (Phi) is 8.74. The quantitative estimate of drug-likeness (QED) is 0.268. The number of Topliss-reactive ketones (excluding diaryl/α,β-unsaturated/α-hetero) is 1. The molecule has 4 aliphatic rings. The highest BCUT2D eigenvalue weighted by atomic mass is 32.2. The lowest BCUT2D eigenvalue weighted by molar-refractivity contribution is -0.122. The van der Waals surface area contributed by atoms with Crippen LogP contribution < -0.4 is 20.6 Å². The van der Waals surface area contributed by atoms with Crippen LogP contribution in [-0.2, 0) is 22.6 Å². The number of morpholine rings is 1. The van der Waals surface area contributed by atoms with Crippen LogP contribution in [0.1, 0.15) is 40.5 Å². The summed E-state index contributed by atoms with van der Waals surface area (Å²) in [7, 11) is 1.64. The average molecular weight is 596 g/mol. The van der Waals surface area contributed by atoms with Gasteiger partial charge in [-0.05, 0) is 47.6 Å². The van der Waals surface area contributed by atoms with Crippen molar-refractivity contribution in [2.24, 2.45) is 5.92 Å². The molecule has 1 atom stereocenters. The van der Waals surface area contributed by atoms with Gasteiger partial charge in [0, 0.05) is 41.9 Å². The molecular weight excluding hydrogens is 562 g/mol. The lowest BCUT2D eigenvalue weighted by Gasteiger charge is -2.27. The van der Waals surface area contributed by atoms with E-state index in [0.717, 1.165) is 58.6 Å². The van der Waals surface area contributed by atoms with Crippen molar-refractivity contribution in [1.29, 1.82) is 5.26 Å².